The van der Waals surface area contributed by atoms with Gasteiger partial charge < -0.3 is 10.3 Å². The van der Waals surface area contributed by atoms with E-state index in [1.807, 2.05) is 36.6 Å². The van der Waals surface area contributed by atoms with E-state index in [-0.39, 0.29) is 24.5 Å². The van der Waals surface area contributed by atoms with Crippen molar-refractivity contribution in [2.24, 2.45) is 0 Å². The molecule has 0 unspecified atom stereocenters. The third-order valence-corrected chi connectivity index (χ3v) is 5.00. The highest BCUT2D eigenvalue weighted by Gasteiger charge is 2.11. The van der Waals surface area contributed by atoms with Gasteiger partial charge in [0.05, 0.1) is 11.2 Å². The molecule has 1 aromatic carbocycles. The molecular weight excluding hydrogens is 346 g/mol. The van der Waals surface area contributed by atoms with Gasteiger partial charge in [0, 0.05) is 37.1 Å². The predicted octanol–water partition coefficient (Wildman–Crippen LogP) is 3.77. The number of hydrogen-bond donors (Lipinski definition) is 2. The number of aromatic amines is 1. The first kappa shape index (κ1) is 18.1. The molecule has 0 radical (unpaired) electrons. The Hall–Kier alpha value is -2.73. The topological polar surface area (TPSA) is 74.8 Å². The van der Waals surface area contributed by atoms with Crippen LogP contribution >= 0.6 is 11.3 Å². The Bertz CT molecular complexity index is 867. The number of imidazole rings is 1. The Morgan fingerprint density at radius 2 is 1.96 bits per heavy atom. The summed E-state index contributed by atoms with van der Waals surface area (Å²) in [4.78, 5) is 32.7. The first-order valence-electron chi connectivity index (χ1n) is 8.56. The molecule has 5 nitrogen and oxygen atoms in total. The molecule has 3 rings (SSSR count). The third-order valence-electron chi connectivity index (χ3n) is 4.12. The molecular formula is C20H21N3O2S. The Morgan fingerprint density at radius 3 is 2.69 bits per heavy atom. The number of carbonyl (C=O) groups excluding carboxylic acids is 2. The lowest BCUT2D eigenvalue weighted by Gasteiger charge is -2.06. The molecule has 0 saturated heterocycles. The van der Waals surface area contributed by atoms with Crippen LogP contribution in [-0.4, -0.2) is 28.2 Å². The van der Waals surface area contributed by atoms with Crippen molar-refractivity contribution in [3.8, 4) is 10.6 Å². The lowest BCUT2D eigenvalue weighted by molar-refractivity contribution is -0.121. The second-order valence-corrected chi connectivity index (χ2v) is 7.04. The fourth-order valence-corrected chi connectivity index (χ4v) is 3.41. The minimum Gasteiger partial charge on any atom is -0.356 e. The molecule has 0 saturated carbocycles. The van der Waals surface area contributed by atoms with E-state index in [9.17, 15) is 9.59 Å². The molecule has 2 heterocycles. The van der Waals surface area contributed by atoms with Gasteiger partial charge in [-0.15, -0.1) is 11.3 Å². The number of aryl methyl sites for hydroxylation is 1. The molecule has 0 atom stereocenters. The van der Waals surface area contributed by atoms with Gasteiger partial charge in [0.15, 0.2) is 5.78 Å². The molecule has 0 bridgehead atoms. The van der Waals surface area contributed by atoms with Crippen LogP contribution in [0.2, 0.25) is 0 Å². The van der Waals surface area contributed by atoms with E-state index >= 15 is 0 Å². The van der Waals surface area contributed by atoms with Crippen LogP contribution in [0.5, 0.6) is 0 Å². The molecule has 134 valence electrons. The number of H-pyrrole nitrogens is 1. The van der Waals surface area contributed by atoms with E-state index in [1.54, 1.807) is 29.8 Å². The van der Waals surface area contributed by atoms with E-state index in [4.69, 9.17) is 0 Å². The summed E-state index contributed by atoms with van der Waals surface area (Å²) in [5, 5.41) is 4.89. The van der Waals surface area contributed by atoms with Gasteiger partial charge in [-0.2, -0.15) is 0 Å². The van der Waals surface area contributed by atoms with Crippen molar-refractivity contribution in [2.75, 3.05) is 6.54 Å². The van der Waals surface area contributed by atoms with Gasteiger partial charge in [-0.05, 0) is 18.4 Å². The Kier molecular flexibility index (Phi) is 5.96. The molecule has 0 fully saturated rings. The fourth-order valence-electron chi connectivity index (χ4n) is 2.66. The van der Waals surface area contributed by atoms with Crippen molar-refractivity contribution in [2.45, 2.75) is 26.2 Å². The Balaban J connectivity index is 1.43. The molecule has 6 heteroatoms. The van der Waals surface area contributed by atoms with Crippen LogP contribution < -0.4 is 5.32 Å². The normalized spacial score (nSPS) is 10.7. The lowest BCUT2D eigenvalue weighted by atomic mass is 10.0. The number of hydrogen-bond acceptors (Lipinski definition) is 4. The highest BCUT2D eigenvalue weighted by Crippen LogP contribution is 2.25. The van der Waals surface area contributed by atoms with Gasteiger partial charge in [-0.25, -0.2) is 4.98 Å². The van der Waals surface area contributed by atoms with Crippen LogP contribution in [0.25, 0.3) is 10.6 Å². The molecule has 0 aliphatic heterocycles. The summed E-state index contributed by atoms with van der Waals surface area (Å²) < 4.78 is 0. The first-order valence-corrected chi connectivity index (χ1v) is 9.44. The average molecular weight is 367 g/mol. The summed E-state index contributed by atoms with van der Waals surface area (Å²) in [6.07, 6.45) is 2.77. The smallest absolute Gasteiger partial charge is 0.220 e. The predicted molar refractivity (Wildman–Crippen MR) is 103 cm³/mol. The highest BCUT2D eigenvalue weighted by molar-refractivity contribution is 7.13. The van der Waals surface area contributed by atoms with Crippen molar-refractivity contribution in [1.29, 1.82) is 0 Å². The second kappa shape index (κ2) is 8.58. The summed E-state index contributed by atoms with van der Waals surface area (Å²) in [6.45, 7) is 2.49. The van der Waals surface area contributed by atoms with Gasteiger partial charge in [-0.3, -0.25) is 9.59 Å². The van der Waals surface area contributed by atoms with Crippen molar-refractivity contribution in [3.05, 3.63) is 64.9 Å². The van der Waals surface area contributed by atoms with E-state index < -0.39 is 0 Å². The summed E-state index contributed by atoms with van der Waals surface area (Å²) in [6, 6.07) is 11.4. The standard InChI is InChI=1S/C20H21N3O2S/c1-14-4-6-15(7-5-14)17(24)8-9-19(25)21-11-10-16-20(23-13-22-16)18-3-2-12-26-18/h2-7,12-13H,8-11H2,1H3,(H,21,25)(H,22,23). The number of amides is 1. The number of carbonyl (C=O) groups is 2. The van der Waals surface area contributed by atoms with Crippen molar-refractivity contribution < 1.29 is 9.59 Å². The summed E-state index contributed by atoms with van der Waals surface area (Å²) in [7, 11) is 0. The number of nitrogens with one attached hydrogen (secondary N) is 2. The third kappa shape index (κ3) is 4.67. The number of nitrogens with zero attached hydrogens (tertiary/aromatic N) is 1. The molecule has 2 aromatic heterocycles. The highest BCUT2D eigenvalue weighted by atomic mass is 32.1. The zero-order valence-electron chi connectivity index (χ0n) is 14.6. The molecule has 0 aliphatic carbocycles. The van der Waals surface area contributed by atoms with Crippen LogP contribution in [0, 0.1) is 6.92 Å². The van der Waals surface area contributed by atoms with Crippen LogP contribution in [0.3, 0.4) is 0 Å². The van der Waals surface area contributed by atoms with Gasteiger partial charge in [-0.1, -0.05) is 35.9 Å². The van der Waals surface area contributed by atoms with Crippen molar-refractivity contribution >= 4 is 23.0 Å². The number of ketones is 1. The van der Waals surface area contributed by atoms with Gasteiger partial charge >= 0.3 is 0 Å². The van der Waals surface area contributed by atoms with E-state index in [1.165, 1.54) is 0 Å². The zero-order chi connectivity index (χ0) is 18.4. The number of benzene rings is 1. The van der Waals surface area contributed by atoms with Crippen LogP contribution in [-0.2, 0) is 11.2 Å². The Morgan fingerprint density at radius 1 is 1.15 bits per heavy atom. The lowest BCUT2D eigenvalue weighted by Crippen LogP contribution is -2.26. The van der Waals surface area contributed by atoms with Crippen LogP contribution in [0.4, 0.5) is 0 Å². The molecule has 0 spiro atoms. The maximum atomic E-state index is 12.1. The second-order valence-electron chi connectivity index (χ2n) is 6.10. The molecule has 0 aliphatic rings. The number of thiophene rings is 1. The number of aromatic nitrogens is 2. The minimum atomic E-state index is -0.109. The maximum absolute atomic E-state index is 12.1. The number of Topliss-reactive ketones (excluding diaryl/α,β-unsaturated/α-hetero) is 1. The molecule has 3 aromatic rings. The first-order chi connectivity index (χ1) is 12.6. The Labute approximate surface area is 156 Å². The van der Waals surface area contributed by atoms with Crippen molar-refractivity contribution in [3.63, 3.8) is 0 Å². The van der Waals surface area contributed by atoms with Gasteiger partial charge in [0.25, 0.3) is 0 Å². The van der Waals surface area contributed by atoms with Crippen LogP contribution in [0.1, 0.15) is 34.5 Å². The summed E-state index contributed by atoms with van der Waals surface area (Å²) in [5.41, 5.74) is 3.70. The SMILES string of the molecule is Cc1ccc(C(=O)CCC(=O)NCCc2[nH]cnc2-c2cccs2)cc1. The quantitative estimate of drug-likeness (QED) is 0.595. The average Bonchev–Trinajstić information content (AvgIpc) is 3.31. The molecule has 26 heavy (non-hydrogen) atoms. The summed E-state index contributed by atoms with van der Waals surface area (Å²) >= 11 is 1.64. The zero-order valence-corrected chi connectivity index (χ0v) is 15.4. The van der Waals surface area contributed by atoms with E-state index in [2.05, 4.69) is 15.3 Å². The minimum absolute atomic E-state index is 0.00583. The van der Waals surface area contributed by atoms with Crippen molar-refractivity contribution in [1.82, 2.24) is 15.3 Å². The van der Waals surface area contributed by atoms with E-state index in [0.29, 0.717) is 18.5 Å². The van der Waals surface area contributed by atoms with Crippen LogP contribution in [0.15, 0.2) is 48.1 Å². The maximum Gasteiger partial charge on any atom is 0.220 e. The number of rotatable bonds is 8. The fraction of sp³-hybridized carbons (Fsp3) is 0.250. The monoisotopic (exact) mass is 367 g/mol. The largest absolute Gasteiger partial charge is 0.356 e. The van der Waals surface area contributed by atoms with Gasteiger partial charge in [0.1, 0.15) is 5.69 Å². The summed E-state index contributed by atoms with van der Waals surface area (Å²) in [5.74, 6) is -0.114. The van der Waals surface area contributed by atoms with Gasteiger partial charge in [0.2, 0.25) is 5.91 Å². The van der Waals surface area contributed by atoms with E-state index in [0.717, 1.165) is 21.8 Å². The molecule has 2 N–H and O–H groups in total. The molecule has 1 amide bonds.